The van der Waals surface area contributed by atoms with Crippen LogP contribution in [-0.2, 0) is 14.8 Å². The van der Waals surface area contributed by atoms with Crippen LogP contribution in [-0.4, -0.2) is 44.6 Å². The van der Waals surface area contributed by atoms with E-state index in [0.29, 0.717) is 37.0 Å². The lowest BCUT2D eigenvalue weighted by Crippen LogP contribution is -2.27. The summed E-state index contributed by atoms with van der Waals surface area (Å²) >= 11 is 1.39. The minimum absolute atomic E-state index is 0.149. The molecule has 0 aliphatic rings. The number of fused-ring (bicyclic) bond motifs is 1. The van der Waals surface area contributed by atoms with Crippen molar-refractivity contribution >= 4 is 32.1 Å². The Morgan fingerprint density at radius 1 is 1.43 bits per heavy atom. The van der Waals surface area contributed by atoms with E-state index in [4.69, 9.17) is 4.74 Å². The summed E-state index contributed by atoms with van der Waals surface area (Å²) < 4.78 is 34.3. The molecule has 0 atom stereocenters. The second kappa shape index (κ2) is 7.21. The molecule has 2 heterocycles. The molecule has 0 saturated carbocycles. The van der Waals surface area contributed by atoms with Gasteiger partial charge in [-0.1, -0.05) is 6.92 Å². The van der Waals surface area contributed by atoms with Crippen LogP contribution < -0.4 is 10.0 Å². The normalized spacial score (nSPS) is 12.1. The number of anilines is 1. The van der Waals surface area contributed by atoms with Crippen LogP contribution in [0.5, 0.6) is 0 Å². The standard InChI is InChI=1S/C12H20N4O3S2/c1-3-7-19-8-4-5-14-21(17,18)11-10(13-2)15-12-16(11)6-9-20-12/h6,9,13-14H,3-5,7-8H2,1-2H3. The lowest BCUT2D eigenvalue weighted by Gasteiger charge is -2.08. The molecule has 0 aliphatic heterocycles. The first-order chi connectivity index (χ1) is 10.1. The van der Waals surface area contributed by atoms with Gasteiger partial charge in [0, 0.05) is 38.4 Å². The van der Waals surface area contributed by atoms with Gasteiger partial charge in [-0.05, 0) is 12.8 Å². The van der Waals surface area contributed by atoms with Crippen molar-refractivity contribution in [2.24, 2.45) is 0 Å². The summed E-state index contributed by atoms with van der Waals surface area (Å²) in [5, 5.41) is 4.78. The molecule has 7 nitrogen and oxygen atoms in total. The van der Waals surface area contributed by atoms with Gasteiger partial charge in [-0.25, -0.2) is 18.1 Å². The van der Waals surface area contributed by atoms with E-state index < -0.39 is 10.0 Å². The zero-order valence-corrected chi connectivity index (χ0v) is 13.8. The van der Waals surface area contributed by atoms with Crippen LogP contribution in [0.4, 0.5) is 5.82 Å². The number of nitrogens with one attached hydrogen (secondary N) is 2. The zero-order valence-electron chi connectivity index (χ0n) is 12.1. The van der Waals surface area contributed by atoms with Crippen molar-refractivity contribution in [3.63, 3.8) is 0 Å². The SMILES string of the molecule is CCCOCCCNS(=O)(=O)c1c(NC)nc2sccn12. The zero-order chi connectivity index (χ0) is 15.3. The van der Waals surface area contributed by atoms with Gasteiger partial charge in [0.1, 0.15) is 0 Å². The van der Waals surface area contributed by atoms with Gasteiger partial charge in [-0.3, -0.25) is 4.40 Å². The third-order valence-electron chi connectivity index (χ3n) is 2.82. The summed E-state index contributed by atoms with van der Waals surface area (Å²) in [6, 6.07) is 0. The molecule has 0 amide bonds. The Labute approximate surface area is 128 Å². The van der Waals surface area contributed by atoms with Crippen molar-refractivity contribution in [1.29, 1.82) is 0 Å². The second-order valence-corrected chi connectivity index (χ2v) is 6.99. The summed E-state index contributed by atoms with van der Waals surface area (Å²) in [6.07, 6.45) is 3.30. The van der Waals surface area contributed by atoms with Gasteiger partial charge in [-0.15, -0.1) is 11.3 Å². The molecule has 2 aromatic rings. The third kappa shape index (κ3) is 3.73. The van der Waals surface area contributed by atoms with Crippen LogP contribution in [0.3, 0.4) is 0 Å². The first-order valence-corrected chi connectivity index (χ1v) is 9.17. The quantitative estimate of drug-likeness (QED) is 0.680. The highest BCUT2D eigenvalue weighted by molar-refractivity contribution is 7.89. The maximum atomic E-state index is 12.4. The van der Waals surface area contributed by atoms with Gasteiger partial charge in [0.25, 0.3) is 10.0 Å². The number of thiazole rings is 1. The Morgan fingerprint density at radius 2 is 2.24 bits per heavy atom. The van der Waals surface area contributed by atoms with Gasteiger partial charge < -0.3 is 10.1 Å². The summed E-state index contributed by atoms with van der Waals surface area (Å²) in [6.45, 7) is 3.63. The molecule has 0 fully saturated rings. The average molecular weight is 332 g/mol. The number of hydrogen-bond acceptors (Lipinski definition) is 6. The van der Waals surface area contributed by atoms with Crippen LogP contribution in [0, 0.1) is 0 Å². The molecule has 9 heteroatoms. The van der Waals surface area contributed by atoms with Gasteiger partial charge in [0.15, 0.2) is 15.8 Å². The van der Waals surface area contributed by atoms with Gasteiger partial charge >= 0.3 is 0 Å². The third-order valence-corrected chi connectivity index (χ3v) is 5.06. The molecule has 0 unspecified atom stereocenters. The fourth-order valence-corrected chi connectivity index (χ4v) is 4.01. The second-order valence-electron chi connectivity index (χ2n) is 4.43. The van der Waals surface area contributed by atoms with Crippen LogP contribution >= 0.6 is 11.3 Å². The molecule has 0 radical (unpaired) electrons. The first-order valence-electron chi connectivity index (χ1n) is 6.81. The molecule has 0 saturated heterocycles. The Bertz CT molecular complexity index is 678. The van der Waals surface area contributed by atoms with Gasteiger partial charge in [0.2, 0.25) is 0 Å². The lowest BCUT2D eigenvalue weighted by atomic mass is 10.4. The summed E-state index contributed by atoms with van der Waals surface area (Å²) in [5.74, 6) is 0.358. The summed E-state index contributed by atoms with van der Waals surface area (Å²) in [5.41, 5.74) is 0. The van der Waals surface area contributed by atoms with Crippen molar-refractivity contribution in [1.82, 2.24) is 14.1 Å². The highest BCUT2D eigenvalue weighted by Gasteiger charge is 2.24. The molecule has 2 rings (SSSR count). The molecule has 2 N–H and O–H groups in total. The largest absolute Gasteiger partial charge is 0.381 e. The fraction of sp³-hybridized carbons (Fsp3) is 0.583. The van der Waals surface area contributed by atoms with Crippen LogP contribution in [0.2, 0.25) is 0 Å². The van der Waals surface area contributed by atoms with Crippen molar-refractivity contribution in [3.8, 4) is 0 Å². The monoisotopic (exact) mass is 332 g/mol. The topological polar surface area (TPSA) is 84.7 Å². The summed E-state index contributed by atoms with van der Waals surface area (Å²) in [4.78, 5) is 4.90. The maximum Gasteiger partial charge on any atom is 0.260 e. The van der Waals surface area contributed by atoms with E-state index in [0.717, 1.165) is 6.42 Å². The van der Waals surface area contributed by atoms with E-state index in [-0.39, 0.29) is 5.03 Å². The molecule has 0 aromatic carbocycles. The van der Waals surface area contributed by atoms with E-state index in [1.165, 1.54) is 11.3 Å². The molecule has 2 aromatic heterocycles. The number of hydrogen-bond donors (Lipinski definition) is 2. The molecule has 0 bridgehead atoms. The highest BCUT2D eigenvalue weighted by atomic mass is 32.2. The molecular formula is C12H20N4O3S2. The minimum atomic E-state index is -3.61. The lowest BCUT2D eigenvalue weighted by molar-refractivity contribution is 0.133. The van der Waals surface area contributed by atoms with E-state index in [1.807, 2.05) is 6.92 Å². The number of sulfonamides is 1. The minimum Gasteiger partial charge on any atom is -0.381 e. The van der Waals surface area contributed by atoms with Crippen molar-refractivity contribution < 1.29 is 13.2 Å². The predicted molar refractivity (Wildman–Crippen MR) is 83.5 cm³/mol. The van der Waals surface area contributed by atoms with Gasteiger partial charge in [-0.2, -0.15) is 0 Å². The Morgan fingerprint density at radius 3 is 2.95 bits per heavy atom. The molecular weight excluding hydrogens is 312 g/mol. The molecule has 21 heavy (non-hydrogen) atoms. The molecule has 0 aliphatic carbocycles. The smallest absolute Gasteiger partial charge is 0.260 e. The predicted octanol–water partition coefficient (Wildman–Crippen LogP) is 1.53. The number of ether oxygens (including phenoxy) is 1. The van der Waals surface area contributed by atoms with Crippen LogP contribution in [0.15, 0.2) is 16.6 Å². The number of aromatic nitrogens is 2. The summed E-state index contributed by atoms with van der Waals surface area (Å²) in [7, 11) is -1.95. The average Bonchev–Trinajstić information content (AvgIpc) is 3.02. The number of imidazole rings is 1. The van der Waals surface area contributed by atoms with E-state index in [9.17, 15) is 8.42 Å². The number of nitrogens with zero attached hydrogens (tertiary/aromatic N) is 2. The van der Waals surface area contributed by atoms with Crippen molar-refractivity contribution in [2.45, 2.75) is 24.8 Å². The Kier molecular flexibility index (Phi) is 5.57. The van der Waals surface area contributed by atoms with E-state index in [2.05, 4.69) is 15.0 Å². The molecule has 118 valence electrons. The van der Waals surface area contributed by atoms with Crippen molar-refractivity contribution in [3.05, 3.63) is 11.6 Å². The Balaban J connectivity index is 2.05. The van der Waals surface area contributed by atoms with Crippen LogP contribution in [0.25, 0.3) is 4.96 Å². The van der Waals surface area contributed by atoms with E-state index in [1.54, 1.807) is 23.0 Å². The van der Waals surface area contributed by atoms with Crippen LogP contribution in [0.1, 0.15) is 19.8 Å². The van der Waals surface area contributed by atoms with E-state index >= 15 is 0 Å². The molecule has 0 spiro atoms. The van der Waals surface area contributed by atoms with Gasteiger partial charge in [0.05, 0.1) is 0 Å². The number of rotatable bonds is 9. The van der Waals surface area contributed by atoms with Crippen molar-refractivity contribution in [2.75, 3.05) is 32.1 Å². The fourth-order valence-electron chi connectivity index (χ4n) is 1.88. The Hall–Kier alpha value is -1.16. The first kappa shape index (κ1) is 16.2. The maximum absolute atomic E-state index is 12.4. The highest BCUT2D eigenvalue weighted by Crippen LogP contribution is 2.24.